The van der Waals surface area contributed by atoms with Crippen molar-refractivity contribution in [2.45, 2.75) is 6.54 Å². The molecule has 0 aliphatic carbocycles. The minimum atomic E-state index is -0.528. The molecule has 0 saturated carbocycles. The van der Waals surface area contributed by atoms with E-state index in [-0.39, 0.29) is 17.8 Å². The molecule has 0 fully saturated rings. The summed E-state index contributed by atoms with van der Waals surface area (Å²) in [6.07, 6.45) is 4.60. The predicted octanol–water partition coefficient (Wildman–Crippen LogP) is 3.47. The second-order valence-corrected chi connectivity index (χ2v) is 5.72. The molecular formula is C20H14N4O4. The molecule has 0 bridgehead atoms. The van der Waals surface area contributed by atoms with E-state index >= 15 is 0 Å². The summed E-state index contributed by atoms with van der Waals surface area (Å²) in [6.45, 7) is 0.248. The molecule has 2 heterocycles. The lowest BCUT2D eigenvalue weighted by Gasteiger charge is -2.03. The van der Waals surface area contributed by atoms with E-state index in [2.05, 4.69) is 10.3 Å². The maximum Gasteiger partial charge on any atom is 0.269 e. The van der Waals surface area contributed by atoms with E-state index in [1.165, 1.54) is 18.2 Å². The highest BCUT2D eigenvalue weighted by atomic mass is 16.6. The highest BCUT2D eigenvalue weighted by Gasteiger charge is 2.12. The number of aromatic nitrogens is 1. The quantitative estimate of drug-likeness (QED) is 0.305. The van der Waals surface area contributed by atoms with E-state index in [9.17, 15) is 20.2 Å². The predicted molar refractivity (Wildman–Crippen MR) is 100 cm³/mol. The minimum Gasteiger partial charge on any atom is -0.457 e. The van der Waals surface area contributed by atoms with Crippen LogP contribution in [0.3, 0.4) is 0 Å². The fraction of sp³-hybridized carbons (Fsp3) is 0.0500. The van der Waals surface area contributed by atoms with E-state index < -0.39 is 10.8 Å². The van der Waals surface area contributed by atoms with Crippen LogP contribution >= 0.6 is 0 Å². The summed E-state index contributed by atoms with van der Waals surface area (Å²) < 4.78 is 5.63. The Kier molecular flexibility index (Phi) is 5.58. The first-order chi connectivity index (χ1) is 13.6. The topological polar surface area (TPSA) is 122 Å². The molecule has 28 heavy (non-hydrogen) atoms. The van der Waals surface area contributed by atoms with E-state index in [1.54, 1.807) is 42.7 Å². The number of benzene rings is 1. The van der Waals surface area contributed by atoms with E-state index in [1.807, 2.05) is 12.1 Å². The zero-order valence-electron chi connectivity index (χ0n) is 14.5. The Morgan fingerprint density at radius 1 is 1.25 bits per heavy atom. The number of pyridine rings is 1. The summed E-state index contributed by atoms with van der Waals surface area (Å²) in [5, 5.41) is 22.6. The molecule has 0 saturated heterocycles. The molecule has 0 aliphatic rings. The SMILES string of the molecule is N#CC(=Cc1ccc(-c2ccc([N+](=O)[O-])cc2)o1)C(=O)NCc1cccnc1. The second-order valence-electron chi connectivity index (χ2n) is 5.72. The summed E-state index contributed by atoms with van der Waals surface area (Å²) in [7, 11) is 0. The number of hydrogen-bond acceptors (Lipinski definition) is 6. The fourth-order valence-corrected chi connectivity index (χ4v) is 2.40. The molecule has 0 radical (unpaired) electrons. The van der Waals surface area contributed by atoms with Gasteiger partial charge in [-0.1, -0.05) is 6.07 Å². The van der Waals surface area contributed by atoms with Crippen molar-refractivity contribution in [2.24, 2.45) is 0 Å². The monoisotopic (exact) mass is 374 g/mol. The lowest BCUT2D eigenvalue weighted by atomic mass is 10.1. The van der Waals surface area contributed by atoms with Crippen LogP contribution in [-0.4, -0.2) is 15.8 Å². The van der Waals surface area contributed by atoms with Gasteiger partial charge in [-0.25, -0.2) is 0 Å². The van der Waals surface area contributed by atoms with Crippen molar-refractivity contribution in [2.75, 3.05) is 0 Å². The third-order valence-electron chi connectivity index (χ3n) is 3.82. The molecule has 3 aromatic rings. The van der Waals surface area contributed by atoms with Crippen LogP contribution < -0.4 is 5.32 Å². The number of nitro groups is 1. The van der Waals surface area contributed by atoms with Gasteiger partial charge < -0.3 is 9.73 Å². The number of nitrogens with one attached hydrogen (secondary N) is 1. The number of carbonyl (C=O) groups is 1. The number of hydrogen-bond donors (Lipinski definition) is 1. The van der Waals surface area contributed by atoms with Crippen LogP contribution in [0.5, 0.6) is 0 Å². The first-order valence-electron chi connectivity index (χ1n) is 8.20. The number of non-ortho nitro benzene ring substituents is 1. The maximum atomic E-state index is 12.2. The Hall–Kier alpha value is -4.25. The Morgan fingerprint density at radius 3 is 2.68 bits per heavy atom. The number of rotatable bonds is 6. The van der Waals surface area contributed by atoms with Gasteiger partial charge in [0, 0.05) is 42.7 Å². The lowest BCUT2D eigenvalue weighted by Crippen LogP contribution is -2.23. The molecule has 0 atom stereocenters. The van der Waals surface area contributed by atoms with Gasteiger partial charge in [0.1, 0.15) is 23.2 Å². The van der Waals surface area contributed by atoms with Gasteiger partial charge >= 0.3 is 0 Å². The molecule has 8 nitrogen and oxygen atoms in total. The van der Waals surface area contributed by atoms with Crippen LogP contribution in [-0.2, 0) is 11.3 Å². The van der Waals surface area contributed by atoms with Gasteiger partial charge in [0.2, 0.25) is 0 Å². The van der Waals surface area contributed by atoms with Gasteiger partial charge in [0.05, 0.1) is 4.92 Å². The van der Waals surface area contributed by atoms with Gasteiger partial charge in [0.25, 0.3) is 11.6 Å². The highest BCUT2D eigenvalue weighted by molar-refractivity contribution is 6.01. The van der Waals surface area contributed by atoms with Crippen molar-refractivity contribution in [1.29, 1.82) is 5.26 Å². The smallest absolute Gasteiger partial charge is 0.269 e. The van der Waals surface area contributed by atoms with Crippen molar-refractivity contribution >= 4 is 17.7 Å². The summed E-state index contributed by atoms with van der Waals surface area (Å²) in [5.41, 5.74) is 1.33. The average Bonchev–Trinajstić information content (AvgIpc) is 3.19. The summed E-state index contributed by atoms with van der Waals surface area (Å²) in [5.74, 6) is 0.260. The largest absolute Gasteiger partial charge is 0.457 e. The number of carbonyl (C=O) groups excluding carboxylic acids is 1. The maximum absolute atomic E-state index is 12.2. The van der Waals surface area contributed by atoms with Crippen molar-refractivity contribution in [3.63, 3.8) is 0 Å². The molecule has 1 N–H and O–H groups in total. The standard InChI is InChI=1S/C20H14N4O4/c21-11-16(20(25)23-13-14-2-1-9-22-12-14)10-18-7-8-19(28-18)15-3-5-17(6-4-15)24(26)27/h1-10,12H,13H2,(H,23,25). The Bertz CT molecular complexity index is 1060. The lowest BCUT2D eigenvalue weighted by molar-refractivity contribution is -0.384. The van der Waals surface area contributed by atoms with Crippen LogP contribution in [0.1, 0.15) is 11.3 Å². The number of nitriles is 1. The highest BCUT2D eigenvalue weighted by Crippen LogP contribution is 2.25. The van der Waals surface area contributed by atoms with Crippen LogP contribution in [0.15, 0.2) is 70.9 Å². The second kappa shape index (κ2) is 8.42. The number of nitro benzene ring substituents is 1. The van der Waals surface area contributed by atoms with Crippen molar-refractivity contribution in [3.8, 4) is 17.4 Å². The Morgan fingerprint density at radius 2 is 2.04 bits per heavy atom. The van der Waals surface area contributed by atoms with Crippen molar-refractivity contribution in [3.05, 3.63) is 87.9 Å². The minimum absolute atomic E-state index is 0.0209. The van der Waals surface area contributed by atoms with Crippen molar-refractivity contribution in [1.82, 2.24) is 10.3 Å². The van der Waals surface area contributed by atoms with Gasteiger partial charge in [0.15, 0.2) is 0 Å². The Balaban J connectivity index is 1.72. The first-order valence-corrected chi connectivity index (χ1v) is 8.20. The van der Waals surface area contributed by atoms with E-state index in [4.69, 9.17) is 4.42 Å². The normalized spacial score (nSPS) is 10.9. The summed E-state index contributed by atoms with van der Waals surface area (Å²) in [4.78, 5) is 26.4. The van der Waals surface area contributed by atoms with Crippen LogP contribution in [0, 0.1) is 21.4 Å². The van der Waals surface area contributed by atoms with E-state index in [0.29, 0.717) is 17.1 Å². The first kappa shape index (κ1) is 18.5. The van der Waals surface area contributed by atoms with Crippen LogP contribution in [0.25, 0.3) is 17.4 Å². The molecule has 1 aromatic carbocycles. The average molecular weight is 374 g/mol. The molecular weight excluding hydrogens is 360 g/mol. The van der Waals surface area contributed by atoms with Gasteiger partial charge in [-0.15, -0.1) is 0 Å². The van der Waals surface area contributed by atoms with Crippen LogP contribution in [0.4, 0.5) is 5.69 Å². The van der Waals surface area contributed by atoms with E-state index in [0.717, 1.165) is 5.56 Å². The molecule has 0 spiro atoms. The number of nitrogens with zero attached hydrogens (tertiary/aromatic N) is 3. The zero-order chi connectivity index (χ0) is 19.9. The third-order valence-corrected chi connectivity index (χ3v) is 3.82. The number of furan rings is 1. The Labute approximate surface area is 159 Å². The zero-order valence-corrected chi connectivity index (χ0v) is 14.5. The molecule has 2 aromatic heterocycles. The summed E-state index contributed by atoms with van der Waals surface area (Å²) in [6, 6.07) is 14.6. The van der Waals surface area contributed by atoms with Gasteiger partial charge in [-0.3, -0.25) is 19.9 Å². The van der Waals surface area contributed by atoms with Gasteiger partial charge in [-0.2, -0.15) is 5.26 Å². The molecule has 0 aliphatic heterocycles. The molecule has 3 rings (SSSR count). The molecule has 0 unspecified atom stereocenters. The molecule has 1 amide bonds. The molecule has 138 valence electrons. The van der Waals surface area contributed by atoms with Crippen LogP contribution in [0.2, 0.25) is 0 Å². The summed E-state index contributed by atoms with van der Waals surface area (Å²) >= 11 is 0. The molecule has 8 heteroatoms. The van der Waals surface area contributed by atoms with Gasteiger partial charge in [-0.05, 0) is 35.9 Å². The fourth-order valence-electron chi connectivity index (χ4n) is 2.40. The number of amides is 1. The third kappa shape index (κ3) is 4.47. The van der Waals surface area contributed by atoms with Crippen molar-refractivity contribution < 1.29 is 14.1 Å².